The quantitative estimate of drug-likeness (QED) is 0.567. The standard InChI is InChI=1S/C13H26/c1-5-6-7-10(2)8-11(3)13-9-12(13)4/h10-13H,5-9H2,1-4H3. The van der Waals surface area contributed by atoms with Crippen molar-refractivity contribution in [3.8, 4) is 0 Å². The van der Waals surface area contributed by atoms with E-state index in [1.807, 2.05) is 0 Å². The highest BCUT2D eigenvalue weighted by atomic mass is 14.4. The van der Waals surface area contributed by atoms with Gasteiger partial charge in [-0.25, -0.2) is 0 Å². The average Bonchev–Trinajstić information content (AvgIpc) is 2.79. The molecule has 1 aliphatic rings. The van der Waals surface area contributed by atoms with Gasteiger partial charge in [-0.3, -0.25) is 0 Å². The van der Waals surface area contributed by atoms with Gasteiger partial charge in [-0.2, -0.15) is 0 Å². The summed E-state index contributed by atoms with van der Waals surface area (Å²) in [4.78, 5) is 0. The van der Waals surface area contributed by atoms with E-state index in [0.717, 1.165) is 23.7 Å². The number of unbranched alkanes of at least 4 members (excludes halogenated alkanes) is 1. The summed E-state index contributed by atoms with van der Waals surface area (Å²) < 4.78 is 0. The van der Waals surface area contributed by atoms with Gasteiger partial charge in [-0.1, -0.05) is 47.0 Å². The van der Waals surface area contributed by atoms with Crippen LogP contribution in [0.2, 0.25) is 0 Å². The first-order chi connectivity index (χ1) is 6.15. The topological polar surface area (TPSA) is 0 Å². The molecule has 0 saturated heterocycles. The van der Waals surface area contributed by atoms with E-state index < -0.39 is 0 Å². The van der Waals surface area contributed by atoms with Gasteiger partial charge in [0.2, 0.25) is 0 Å². The fraction of sp³-hybridized carbons (Fsp3) is 1.00. The summed E-state index contributed by atoms with van der Waals surface area (Å²) in [7, 11) is 0. The van der Waals surface area contributed by atoms with E-state index in [-0.39, 0.29) is 0 Å². The van der Waals surface area contributed by atoms with Crippen LogP contribution in [-0.4, -0.2) is 0 Å². The van der Waals surface area contributed by atoms with E-state index >= 15 is 0 Å². The minimum absolute atomic E-state index is 0.961. The largest absolute Gasteiger partial charge is 0.0654 e. The summed E-state index contributed by atoms with van der Waals surface area (Å²) in [5, 5.41) is 0. The van der Waals surface area contributed by atoms with Crippen molar-refractivity contribution in [1.29, 1.82) is 0 Å². The van der Waals surface area contributed by atoms with E-state index in [9.17, 15) is 0 Å². The molecule has 0 nitrogen and oxygen atoms in total. The van der Waals surface area contributed by atoms with Crippen molar-refractivity contribution < 1.29 is 0 Å². The van der Waals surface area contributed by atoms with Gasteiger partial charge in [0, 0.05) is 0 Å². The molecule has 0 heteroatoms. The van der Waals surface area contributed by atoms with Crippen molar-refractivity contribution >= 4 is 0 Å². The molecule has 0 aromatic carbocycles. The smallest absolute Gasteiger partial charge is 0.0360 e. The maximum absolute atomic E-state index is 2.45. The van der Waals surface area contributed by atoms with E-state index in [0.29, 0.717) is 0 Å². The van der Waals surface area contributed by atoms with Gasteiger partial charge in [-0.05, 0) is 36.5 Å². The average molecular weight is 182 g/mol. The fourth-order valence-electron chi connectivity index (χ4n) is 2.62. The van der Waals surface area contributed by atoms with Crippen molar-refractivity contribution in [1.82, 2.24) is 0 Å². The number of rotatable bonds is 6. The molecule has 0 amide bonds. The lowest BCUT2D eigenvalue weighted by atomic mass is 9.90. The minimum Gasteiger partial charge on any atom is -0.0654 e. The summed E-state index contributed by atoms with van der Waals surface area (Å²) in [6, 6.07) is 0. The SMILES string of the molecule is CCCCC(C)CC(C)C1CC1C. The summed E-state index contributed by atoms with van der Waals surface area (Å²) in [5.74, 6) is 4.06. The molecule has 0 aromatic rings. The third-order valence-electron chi connectivity index (χ3n) is 3.73. The Hall–Kier alpha value is 0. The lowest BCUT2D eigenvalue weighted by molar-refractivity contribution is 0.348. The maximum Gasteiger partial charge on any atom is -0.0360 e. The molecule has 1 saturated carbocycles. The van der Waals surface area contributed by atoms with Crippen LogP contribution in [0.15, 0.2) is 0 Å². The Morgan fingerprint density at radius 2 is 1.92 bits per heavy atom. The summed E-state index contributed by atoms with van der Waals surface area (Å²) in [5.41, 5.74) is 0. The van der Waals surface area contributed by atoms with E-state index in [1.54, 1.807) is 0 Å². The molecule has 78 valence electrons. The summed E-state index contributed by atoms with van der Waals surface area (Å²) >= 11 is 0. The van der Waals surface area contributed by atoms with E-state index in [1.165, 1.54) is 32.1 Å². The molecule has 0 aliphatic heterocycles. The normalized spacial score (nSPS) is 31.4. The first-order valence-corrected chi connectivity index (χ1v) is 6.15. The highest BCUT2D eigenvalue weighted by molar-refractivity contribution is 4.86. The van der Waals surface area contributed by atoms with Crippen LogP contribution in [0.1, 0.15) is 59.8 Å². The molecule has 0 N–H and O–H groups in total. The van der Waals surface area contributed by atoms with Gasteiger partial charge in [0.1, 0.15) is 0 Å². The first-order valence-electron chi connectivity index (χ1n) is 6.15. The van der Waals surface area contributed by atoms with Crippen molar-refractivity contribution in [3.63, 3.8) is 0 Å². The maximum atomic E-state index is 2.45. The summed E-state index contributed by atoms with van der Waals surface area (Å²) in [6.07, 6.45) is 7.20. The van der Waals surface area contributed by atoms with Crippen molar-refractivity contribution in [2.24, 2.45) is 23.7 Å². The van der Waals surface area contributed by atoms with Gasteiger partial charge in [-0.15, -0.1) is 0 Å². The van der Waals surface area contributed by atoms with Crippen molar-refractivity contribution in [2.75, 3.05) is 0 Å². The molecule has 4 atom stereocenters. The number of hydrogen-bond donors (Lipinski definition) is 0. The zero-order chi connectivity index (χ0) is 9.84. The van der Waals surface area contributed by atoms with E-state index in [4.69, 9.17) is 0 Å². The lowest BCUT2D eigenvalue weighted by Gasteiger charge is -2.16. The Morgan fingerprint density at radius 3 is 2.38 bits per heavy atom. The molecular weight excluding hydrogens is 156 g/mol. The predicted molar refractivity (Wildman–Crippen MR) is 59.7 cm³/mol. The van der Waals surface area contributed by atoms with Gasteiger partial charge in [0.15, 0.2) is 0 Å². The Labute approximate surface area is 84.1 Å². The molecule has 1 rings (SSSR count). The molecule has 4 unspecified atom stereocenters. The van der Waals surface area contributed by atoms with Crippen molar-refractivity contribution in [3.05, 3.63) is 0 Å². The third kappa shape index (κ3) is 3.70. The second-order valence-corrected chi connectivity index (χ2v) is 5.34. The Bertz CT molecular complexity index is 139. The zero-order valence-electron chi connectivity index (χ0n) is 9.84. The van der Waals surface area contributed by atoms with Crippen molar-refractivity contribution in [2.45, 2.75) is 59.8 Å². The molecule has 13 heavy (non-hydrogen) atoms. The Kier molecular flexibility index (Phi) is 4.28. The van der Waals surface area contributed by atoms with Crippen LogP contribution in [0.25, 0.3) is 0 Å². The molecule has 1 fully saturated rings. The van der Waals surface area contributed by atoms with Crippen LogP contribution in [0.5, 0.6) is 0 Å². The molecular formula is C13H26. The fourth-order valence-corrected chi connectivity index (χ4v) is 2.62. The molecule has 0 bridgehead atoms. The molecule has 0 aromatic heterocycles. The monoisotopic (exact) mass is 182 g/mol. The lowest BCUT2D eigenvalue weighted by Crippen LogP contribution is -2.05. The Morgan fingerprint density at radius 1 is 1.31 bits per heavy atom. The third-order valence-corrected chi connectivity index (χ3v) is 3.73. The van der Waals surface area contributed by atoms with E-state index in [2.05, 4.69) is 27.7 Å². The minimum atomic E-state index is 0.961. The number of hydrogen-bond acceptors (Lipinski definition) is 0. The molecule has 0 spiro atoms. The van der Waals surface area contributed by atoms with Crippen LogP contribution >= 0.6 is 0 Å². The van der Waals surface area contributed by atoms with Crippen LogP contribution in [0.3, 0.4) is 0 Å². The second-order valence-electron chi connectivity index (χ2n) is 5.34. The van der Waals surface area contributed by atoms with Gasteiger partial charge < -0.3 is 0 Å². The van der Waals surface area contributed by atoms with Crippen LogP contribution in [-0.2, 0) is 0 Å². The van der Waals surface area contributed by atoms with Crippen LogP contribution < -0.4 is 0 Å². The Balaban J connectivity index is 2.08. The van der Waals surface area contributed by atoms with Gasteiger partial charge in [0.25, 0.3) is 0 Å². The second kappa shape index (κ2) is 5.02. The molecule has 1 aliphatic carbocycles. The van der Waals surface area contributed by atoms with Gasteiger partial charge in [0.05, 0.1) is 0 Å². The van der Waals surface area contributed by atoms with Gasteiger partial charge >= 0.3 is 0 Å². The molecule has 0 heterocycles. The first kappa shape index (κ1) is 11.1. The van der Waals surface area contributed by atoms with Crippen LogP contribution in [0, 0.1) is 23.7 Å². The predicted octanol–water partition coefficient (Wildman–Crippen LogP) is 4.49. The highest BCUT2D eigenvalue weighted by Crippen LogP contribution is 2.45. The highest BCUT2D eigenvalue weighted by Gasteiger charge is 2.37. The molecule has 0 radical (unpaired) electrons. The van der Waals surface area contributed by atoms with Crippen LogP contribution in [0.4, 0.5) is 0 Å². The summed E-state index contributed by atoms with van der Waals surface area (Å²) in [6.45, 7) is 9.58. The zero-order valence-corrected chi connectivity index (χ0v) is 9.84.